The fourth-order valence-electron chi connectivity index (χ4n) is 3.23. The van der Waals surface area contributed by atoms with Gasteiger partial charge in [0.05, 0.1) is 4.92 Å². The molecule has 4 nitrogen and oxygen atoms in total. The molecule has 1 unspecified atom stereocenters. The second-order valence-electron chi connectivity index (χ2n) is 6.24. The second kappa shape index (κ2) is 6.94. The molecule has 6 heteroatoms. The first kappa shape index (κ1) is 17.6. The Morgan fingerprint density at radius 1 is 1.21 bits per heavy atom. The quantitative estimate of drug-likeness (QED) is 0.515. The number of benzene rings is 2. The maximum absolute atomic E-state index is 11.3. The number of aryl methyl sites for hydroxylation is 1. The number of rotatable bonds is 3. The normalized spacial score (nSPS) is 16.8. The zero-order valence-corrected chi connectivity index (χ0v) is 16.7. The molecule has 0 radical (unpaired) electrons. The molecule has 0 spiro atoms. The lowest BCUT2D eigenvalue weighted by Gasteiger charge is -2.27. The van der Waals surface area contributed by atoms with Crippen molar-refractivity contribution in [2.24, 2.45) is 0 Å². The number of hydrogen-bond donors (Lipinski definition) is 1. The van der Waals surface area contributed by atoms with Crippen LogP contribution in [0, 0.1) is 24.0 Å². The van der Waals surface area contributed by atoms with Crippen molar-refractivity contribution in [3.63, 3.8) is 0 Å². The molecule has 1 atom stereocenters. The van der Waals surface area contributed by atoms with Crippen molar-refractivity contribution in [2.75, 3.05) is 6.54 Å². The van der Waals surface area contributed by atoms with Gasteiger partial charge in [0.1, 0.15) is 0 Å². The molecule has 0 saturated heterocycles. The molecule has 24 heavy (non-hydrogen) atoms. The molecular formula is C18H18Br2N2O2. The third-order valence-electron chi connectivity index (χ3n) is 4.60. The Labute approximate surface area is 158 Å². The Hall–Kier alpha value is -1.24. The Kier molecular flexibility index (Phi) is 5.08. The highest BCUT2D eigenvalue weighted by molar-refractivity contribution is 9.11. The predicted molar refractivity (Wildman–Crippen MR) is 103 cm³/mol. The van der Waals surface area contributed by atoms with Gasteiger partial charge in [-0.3, -0.25) is 10.1 Å². The van der Waals surface area contributed by atoms with E-state index < -0.39 is 0 Å². The van der Waals surface area contributed by atoms with Crippen molar-refractivity contribution in [3.8, 4) is 0 Å². The van der Waals surface area contributed by atoms with Crippen LogP contribution in [0.15, 0.2) is 33.2 Å². The smallest absolute Gasteiger partial charge is 0.272 e. The molecule has 1 N–H and O–H groups in total. The molecule has 1 aliphatic heterocycles. The summed E-state index contributed by atoms with van der Waals surface area (Å²) < 4.78 is 2.13. The van der Waals surface area contributed by atoms with Gasteiger partial charge >= 0.3 is 0 Å². The van der Waals surface area contributed by atoms with E-state index in [1.165, 1.54) is 16.7 Å². The van der Waals surface area contributed by atoms with E-state index >= 15 is 0 Å². The molecule has 1 aliphatic rings. The number of fused-ring (bicyclic) bond motifs is 1. The molecule has 126 valence electrons. The molecule has 0 amide bonds. The van der Waals surface area contributed by atoms with Crippen molar-refractivity contribution < 1.29 is 4.92 Å². The summed E-state index contributed by atoms with van der Waals surface area (Å²) in [6.45, 7) is 4.75. The lowest BCUT2D eigenvalue weighted by atomic mass is 9.88. The van der Waals surface area contributed by atoms with Crippen LogP contribution in [0.3, 0.4) is 0 Å². The molecular weight excluding hydrogens is 436 g/mol. The zero-order chi connectivity index (χ0) is 17.4. The number of hydrogen-bond acceptors (Lipinski definition) is 3. The summed E-state index contributed by atoms with van der Waals surface area (Å²) in [6, 6.07) is 8.06. The largest absolute Gasteiger partial charge is 0.309 e. The van der Waals surface area contributed by atoms with Gasteiger partial charge in [0, 0.05) is 26.6 Å². The van der Waals surface area contributed by atoms with Crippen molar-refractivity contribution in [2.45, 2.75) is 32.7 Å². The highest BCUT2D eigenvalue weighted by Crippen LogP contribution is 2.33. The van der Waals surface area contributed by atoms with E-state index in [1.807, 2.05) is 13.0 Å². The first-order valence-corrected chi connectivity index (χ1v) is 9.41. The number of nitro benzene ring substituents is 1. The Balaban J connectivity index is 1.97. The van der Waals surface area contributed by atoms with Gasteiger partial charge in [0.2, 0.25) is 0 Å². The van der Waals surface area contributed by atoms with Gasteiger partial charge in [0.25, 0.3) is 5.69 Å². The second-order valence-corrected chi connectivity index (χ2v) is 7.95. The summed E-state index contributed by atoms with van der Waals surface area (Å²) >= 11 is 7.19. The maximum Gasteiger partial charge on any atom is 0.272 e. The first-order chi connectivity index (χ1) is 11.4. The van der Waals surface area contributed by atoms with Crippen molar-refractivity contribution in [1.82, 2.24) is 5.32 Å². The van der Waals surface area contributed by atoms with E-state index in [1.54, 1.807) is 6.07 Å². The molecule has 3 rings (SSSR count). The van der Waals surface area contributed by atoms with E-state index in [2.05, 4.69) is 56.2 Å². The molecule has 2 aromatic carbocycles. The third kappa shape index (κ3) is 3.41. The first-order valence-electron chi connectivity index (χ1n) is 7.82. The van der Waals surface area contributed by atoms with Crippen molar-refractivity contribution in [3.05, 3.63) is 71.1 Å². The highest BCUT2D eigenvalue weighted by atomic mass is 79.9. The van der Waals surface area contributed by atoms with Crippen LogP contribution < -0.4 is 5.32 Å². The van der Waals surface area contributed by atoms with E-state index in [0.717, 1.165) is 39.5 Å². The van der Waals surface area contributed by atoms with Crippen molar-refractivity contribution in [1.29, 1.82) is 0 Å². The topological polar surface area (TPSA) is 55.2 Å². The summed E-state index contributed by atoms with van der Waals surface area (Å²) in [7, 11) is 0. The van der Waals surface area contributed by atoms with Gasteiger partial charge in [-0.15, -0.1) is 0 Å². The standard InChI is InChI=1S/C18H18Br2N2O2/c1-10-5-13-3-4-21-17(14(13)9-18(10)22(23)24)8-12-6-15(19)11(2)16(20)7-12/h5-7,9,17,21H,3-4,8H2,1-2H3. The highest BCUT2D eigenvalue weighted by Gasteiger charge is 2.24. The summed E-state index contributed by atoms with van der Waals surface area (Å²) in [6.07, 6.45) is 1.71. The van der Waals surface area contributed by atoms with Crippen LogP contribution in [-0.2, 0) is 12.8 Å². The fraction of sp³-hybridized carbons (Fsp3) is 0.333. The molecule has 0 saturated carbocycles. The van der Waals surface area contributed by atoms with Crippen LogP contribution in [0.4, 0.5) is 5.69 Å². The Morgan fingerprint density at radius 3 is 2.50 bits per heavy atom. The summed E-state index contributed by atoms with van der Waals surface area (Å²) in [5, 5.41) is 14.8. The van der Waals surface area contributed by atoms with Gasteiger partial charge in [-0.05, 0) is 73.7 Å². The summed E-state index contributed by atoms with van der Waals surface area (Å²) in [5.41, 5.74) is 5.56. The van der Waals surface area contributed by atoms with Crippen LogP contribution in [0.25, 0.3) is 0 Å². The van der Waals surface area contributed by atoms with Crippen LogP contribution in [0.2, 0.25) is 0 Å². The Morgan fingerprint density at radius 2 is 1.88 bits per heavy atom. The molecule has 0 aromatic heterocycles. The molecule has 1 heterocycles. The molecule has 0 bridgehead atoms. The molecule has 2 aromatic rings. The van der Waals surface area contributed by atoms with E-state index in [-0.39, 0.29) is 16.7 Å². The van der Waals surface area contributed by atoms with Gasteiger partial charge < -0.3 is 5.32 Å². The lowest BCUT2D eigenvalue weighted by molar-refractivity contribution is -0.385. The van der Waals surface area contributed by atoms with Crippen molar-refractivity contribution >= 4 is 37.5 Å². The minimum atomic E-state index is -0.291. The monoisotopic (exact) mass is 452 g/mol. The van der Waals surface area contributed by atoms with Gasteiger partial charge in [-0.1, -0.05) is 31.9 Å². The van der Waals surface area contributed by atoms with E-state index in [9.17, 15) is 10.1 Å². The maximum atomic E-state index is 11.3. The minimum Gasteiger partial charge on any atom is -0.309 e. The van der Waals surface area contributed by atoms with Crippen LogP contribution in [-0.4, -0.2) is 11.5 Å². The fourth-order valence-corrected chi connectivity index (χ4v) is 4.52. The molecule has 0 aliphatic carbocycles. The van der Waals surface area contributed by atoms with Gasteiger partial charge in [0.15, 0.2) is 0 Å². The third-order valence-corrected chi connectivity index (χ3v) is 6.24. The van der Waals surface area contributed by atoms with Crippen LogP contribution in [0.5, 0.6) is 0 Å². The zero-order valence-electron chi connectivity index (χ0n) is 13.5. The SMILES string of the molecule is Cc1cc2c(cc1[N+](=O)[O-])C(Cc1cc(Br)c(C)c(Br)c1)NCC2. The van der Waals surface area contributed by atoms with Gasteiger partial charge in [-0.25, -0.2) is 0 Å². The number of nitrogens with one attached hydrogen (secondary N) is 1. The lowest BCUT2D eigenvalue weighted by Crippen LogP contribution is -2.31. The average molecular weight is 454 g/mol. The van der Waals surface area contributed by atoms with E-state index in [0.29, 0.717) is 0 Å². The number of halogens is 2. The average Bonchev–Trinajstić information content (AvgIpc) is 2.51. The number of nitrogens with zero attached hydrogens (tertiary/aromatic N) is 1. The van der Waals surface area contributed by atoms with Crippen LogP contribution in [0.1, 0.15) is 33.9 Å². The predicted octanol–water partition coefficient (Wildman–Crippen LogP) is 5.17. The summed E-state index contributed by atoms with van der Waals surface area (Å²) in [4.78, 5) is 11.0. The van der Waals surface area contributed by atoms with Crippen LogP contribution >= 0.6 is 31.9 Å². The van der Waals surface area contributed by atoms with Gasteiger partial charge in [-0.2, -0.15) is 0 Å². The summed E-state index contributed by atoms with van der Waals surface area (Å²) in [5.74, 6) is 0. The molecule has 0 fully saturated rings. The minimum absolute atomic E-state index is 0.0922. The van der Waals surface area contributed by atoms with E-state index in [4.69, 9.17) is 0 Å². The number of nitro groups is 1. The Bertz CT molecular complexity index is 798.